The van der Waals surface area contributed by atoms with Gasteiger partial charge in [0.2, 0.25) is 5.89 Å². The monoisotopic (exact) mass is 385 g/mol. The number of oxazole rings is 1. The minimum atomic E-state index is -1.02. The molecule has 3 aromatic rings. The average molecular weight is 385 g/mol. The lowest BCUT2D eigenvalue weighted by Crippen LogP contribution is -2.10. The van der Waals surface area contributed by atoms with E-state index in [1.165, 1.54) is 0 Å². The first-order chi connectivity index (χ1) is 13.3. The molecule has 0 saturated heterocycles. The molecule has 0 amide bonds. The number of nitrogens with zero attached hydrogens (tertiary/aromatic N) is 3. The number of aliphatic carboxylic acids is 1. The predicted octanol–water partition coefficient (Wildman–Crippen LogP) is 3.79. The fourth-order valence-corrected chi connectivity index (χ4v) is 2.73. The summed E-state index contributed by atoms with van der Waals surface area (Å²) < 4.78 is 16.7. The second-order valence-electron chi connectivity index (χ2n) is 7.01. The summed E-state index contributed by atoms with van der Waals surface area (Å²) in [6, 6.07) is 3.94. The molecule has 0 aliphatic heterocycles. The van der Waals surface area contributed by atoms with Gasteiger partial charge in [0.05, 0.1) is 12.8 Å². The molecule has 2 aromatic heterocycles. The van der Waals surface area contributed by atoms with Crippen molar-refractivity contribution in [2.45, 2.75) is 34.1 Å². The second kappa shape index (κ2) is 8.24. The maximum atomic E-state index is 10.7. The van der Waals surface area contributed by atoms with Crippen LogP contribution >= 0.6 is 0 Å². The number of hydrogen-bond acceptors (Lipinski definition) is 7. The van der Waals surface area contributed by atoms with Crippen LogP contribution in [-0.4, -0.2) is 39.2 Å². The Morgan fingerprint density at radius 3 is 2.54 bits per heavy atom. The highest BCUT2D eigenvalue weighted by molar-refractivity contribution is 5.73. The lowest BCUT2D eigenvalue weighted by molar-refractivity contribution is -0.139. The molecule has 1 N–H and O–H groups in total. The molecule has 28 heavy (non-hydrogen) atoms. The number of rotatable bonds is 8. The van der Waals surface area contributed by atoms with Crippen molar-refractivity contribution in [2.24, 2.45) is 5.92 Å². The van der Waals surface area contributed by atoms with Gasteiger partial charge in [-0.05, 0) is 49.4 Å². The number of carboxylic acid groups (broad SMARTS) is 1. The van der Waals surface area contributed by atoms with E-state index in [0.717, 1.165) is 23.1 Å². The SMILES string of the molecule is Cc1cc(-c2nc3cnc(OCCC(C)C)nc3o2)cc(C)c1OCC(=O)O. The van der Waals surface area contributed by atoms with Crippen LogP contribution in [0.2, 0.25) is 0 Å². The van der Waals surface area contributed by atoms with Gasteiger partial charge >= 0.3 is 12.0 Å². The average Bonchev–Trinajstić information content (AvgIpc) is 3.03. The van der Waals surface area contributed by atoms with Crippen LogP contribution in [0.5, 0.6) is 11.8 Å². The molecule has 8 nitrogen and oxygen atoms in total. The van der Waals surface area contributed by atoms with Crippen molar-refractivity contribution in [2.75, 3.05) is 13.2 Å². The van der Waals surface area contributed by atoms with Crippen LogP contribution in [0.25, 0.3) is 22.7 Å². The van der Waals surface area contributed by atoms with E-state index in [9.17, 15) is 4.79 Å². The Hall–Kier alpha value is -3.16. The molecule has 148 valence electrons. The van der Waals surface area contributed by atoms with Crippen molar-refractivity contribution < 1.29 is 23.8 Å². The topological polar surface area (TPSA) is 108 Å². The van der Waals surface area contributed by atoms with E-state index >= 15 is 0 Å². The van der Waals surface area contributed by atoms with Gasteiger partial charge in [0.15, 0.2) is 6.61 Å². The third-order valence-electron chi connectivity index (χ3n) is 4.10. The van der Waals surface area contributed by atoms with E-state index in [0.29, 0.717) is 35.4 Å². The quantitative estimate of drug-likeness (QED) is 0.624. The van der Waals surface area contributed by atoms with E-state index in [2.05, 4.69) is 28.8 Å². The van der Waals surface area contributed by atoms with Crippen molar-refractivity contribution in [1.82, 2.24) is 15.0 Å². The molecule has 8 heteroatoms. The van der Waals surface area contributed by atoms with Crippen molar-refractivity contribution in [3.63, 3.8) is 0 Å². The molecule has 1 aromatic carbocycles. The molecular formula is C20H23N3O5. The summed E-state index contributed by atoms with van der Waals surface area (Å²) in [7, 11) is 0. The van der Waals surface area contributed by atoms with Crippen LogP contribution < -0.4 is 9.47 Å². The summed E-state index contributed by atoms with van der Waals surface area (Å²) in [6.07, 6.45) is 2.49. The Morgan fingerprint density at radius 1 is 1.18 bits per heavy atom. The summed E-state index contributed by atoms with van der Waals surface area (Å²) in [4.78, 5) is 23.6. The lowest BCUT2D eigenvalue weighted by Gasteiger charge is -2.11. The first-order valence-corrected chi connectivity index (χ1v) is 9.06. The number of fused-ring (bicyclic) bond motifs is 1. The Kier molecular flexibility index (Phi) is 5.77. The molecule has 0 fully saturated rings. The summed E-state index contributed by atoms with van der Waals surface area (Å²) in [5, 5.41) is 8.80. The first-order valence-electron chi connectivity index (χ1n) is 9.06. The van der Waals surface area contributed by atoms with Gasteiger partial charge in [-0.3, -0.25) is 0 Å². The molecule has 0 saturated carbocycles. The number of benzene rings is 1. The largest absolute Gasteiger partial charge is 0.481 e. The van der Waals surface area contributed by atoms with Gasteiger partial charge < -0.3 is 19.0 Å². The third kappa shape index (κ3) is 4.57. The zero-order valence-electron chi connectivity index (χ0n) is 16.4. The smallest absolute Gasteiger partial charge is 0.341 e. The Balaban J connectivity index is 1.84. The molecule has 0 bridgehead atoms. The minimum Gasteiger partial charge on any atom is -0.481 e. The third-order valence-corrected chi connectivity index (χ3v) is 4.10. The predicted molar refractivity (Wildman–Crippen MR) is 103 cm³/mol. The molecular weight excluding hydrogens is 362 g/mol. The highest BCUT2D eigenvalue weighted by Crippen LogP contribution is 2.31. The highest BCUT2D eigenvalue weighted by Gasteiger charge is 2.15. The molecule has 0 atom stereocenters. The molecule has 0 aliphatic carbocycles. The number of carbonyl (C=O) groups is 1. The van der Waals surface area contributed by atoms with Crippen LogP contribution in [-0.2, 0) is 4.79 Å². The van der Waals surface area contributed by atoms with Crippen molar-refractivity contribution >= 4 is 17.2 Å². The van der Waals surface area contributed by atoms with E-state index in [4.69, 9.17) is 19.0 Å². The number of carboxylic acids is 1. The van der Waals surface area contributed by atoms with Gasteiger partial charge in [-0.25, -0.2) is 14.8 Å². The standard InChI is InChI=1S/C20H23N3O5/c1-11(2)5-6-26-20-21-9-15-19(23-20)28-18(22-15)14-7-12(3)17(13(4)8-14)27-10-16(24)25/h7-9,11H,5-6,10H2,1-4H3,(H,24,25). The fourth-order valence-electron chi connectivity index (χ4n) is 2.73. The van der Waals surface area contributed by atoms with Crippen molar-refractivity contribution in [1.29, 1.82) is 0 Å². The van der Waals surface area contributed by atoms with Crippen LogP contribution in [0.3, 0.4) is 0 Å². The van der Waals surface area contributed by atoms with Crippen molar-refractivity contribution in [3.05, 3.63) is 29.5 Å². The second-order valence-corrected chi connectivity index (χ2v) is 7.01. The number of aromatic nitrogens is 3. The summed E-state index contributed by atoms with van der Waals surface area (Å²) >= 11 is 0. The summed E-state index contributed by atoms with van der Waals surface area (Å²) in [5.74, 6) is 0.462. The van der Waals surface area contributed by atoms with Gasteiger partial charge in [-0.2, -0.15) is 4.98 Å². The van der Waals surface area contributed by atoms with Gasteiger partial charge in [0.25, 0.3) is 5.71 Å². The zero-order chi connectivity index (χ0) is 20.3. The maximum absolute atomic E-state index is 10.7. The molecule has 0 spiro atoms. The van der Waals surface area contributed by atoms with E-state index in [1.807, 2.05) is 26.0 Å². The molecule has 0 unspecified atom stereocenters. The van der Waals surface area contributed by atoms with Crippen molar-refractivity contribution in [3.8, 4) is 23.2 Å². The van der Waals surface area contributed by atoms with E-state index < -0.39 is 5.97 Å². The van der Waals surface area contributed by atoms with Crippen LogP contribution in [0, 0.1) is 19.8 Å². The molecule has 0 aliphatic rings. The minimum absolute atomic E-state index is 0.264. The van der Waals surface area contributed by atoms with Crippen LogP contribution in [0.15, 0.2) is 22.7 Å². The number of aryl methyl sites for hydroxylation is 2. The zero-order valence-corrected chi connectivity index (χ0v) is 16.4. The first kappa shape index (κ1) is 19.6. The van der Waals surface area contributed by atoms with E-state index in [-0.39, 0.29) is 12.6 Å². The van der Waals surface area contributed by atoms with Crippen LogP contribution in [0.4, 0.5) is 0 Å². The van der Waals surface area contributed by atoms with Crippen LogP contribution in [0.1, 0.15) is 31.4 Å². The lowest BCUT2D eigenvalue weighted by atomic mass is 10.1. The molecule has 3 rings (SSSR count). The van der Waals surface area contributed by atoms with Gasteiger partial charge in [-0.1, -0.05) is 13.8 Å². The number of ether oxygens (including phenoxy) is 2. The molecule has 2 heterocycles. The normalized spacial score (nSPS) is 11.2. The van der Waals surface area contributed by atoms with E-state index in [1.54, 1.807) is 6.20 Å². The maximum Gasteiger partial charge on any atom is 0.341 e. The Labute approximate surface area is 162 Å². The van der Waals surface area contributed by atoms with Gasteiger partial charge in [-0.15, -0.1) is 0 Å². The molecule has 0 radical (unpaired) electrons. The summed E-state index contributed by atoms with van der Waals surface area (Å²) in [5.41, 5.74) is 3.22. The fraction of sp³-hybridized carbons (Fsp3) is 0.400. The summed E-state index contributed by atoms with van der Waals surface area (Å²) in [6.45, 7) is 8.09. The Bertz CT molecular complexity index is 974. The van der Waals surface area contributed by atoms with Gasteiger partial charge in [0, 0.05) is 5.56 Å². The van der Waals surface area contributed by atoms with Gasteiger partial charge in [0.1, 0.15) is 11.3 Å². The highest BCUT2D eigenvalue weighted by atomic mass is 16.5. The Morgan fingerprint density at radius 2 is 1.89 bits per heavy atom. The number of hydrogen-bond donors (Lipinski definition) is 1.